The zero-order valence-electron chi connectivity index (χ0n) is 31.5. The first-order valence-electron chi connectivity index (χ1n) is 19.5. The average Bonchev–Trinajstić information content (AvgIpc) is 3.09. The van der Waals surface area contributed by atoms with Crippen LogP contribution in [0.4, 0.5) is 0 Å². The Hall–Kier alpha value is -1.81. The van der Waals surface area contributed by atoms with Crippen LogP contribution in [-0.4, -0.2) is 60.5 Å². The topological polar surface area (TPSA) is 155 Å². The van der Waals surface area contributed by atoms with Gasteiger partial charge in [-0.15, -0.1) is 0 Å². The number of unbranched alkanes of at least 4 members (excludes halogenated alkanes) is 17. The number of aliphatic carboxylic acids is 1. The lowest BCUT2D eigenvalue weighted by atomic mass is 10.1. The van der Waals surface area contributed by atoms with Gasteiger partial charge in [0.05, 0.1) is 19.8 Å². The van der Waals surface area contributed by atoms with Gasteiger partial charge in [0.2, 0.25) is 0 Å². The van der Waals surface area contributed by atoms with Crippen LogP contribution in [0.2, 0.25) is 0 Å². The molecule has 0 heterocycles. The van der Waals surface area contributed by atoms with Gasteiger partial charge in [-0.25, -0.2) is 4.57 Å². The van der Waals surface area contributed by atoms with Gasteiger partial charge in [0.15, 0.2) is 0 Å². The van der Waals surface area contributed by atoms with Crippen LogP contribution < -0.4 is 5.73 Å². The average molecular weight is 730 g/mol. The zero-order valence-corrected chi connectivity index (χ0v) is 32.4. The van der Waals surface area contributed by atoms with Crippen molar-refractivity contribution in [2.45, 2.75) is 174 Å². The largest absolute Gasteiger partial charge is 0.480 e. The first kappa shape index (κ1) is 48.2. The molecule has 3 atom stereocenters. The Morgan fingerprint density at radius 3 is 1.64 bits per heavy atom. The van der Waals surface area contributed by atoms with E-state index in [0.717, 1.165) is 64.2 Å². The van der Waals surface area contributed by atoms with E-state index in [-0.39, 0.29) is 13.0 Å². The molecular formula is C39H72NO9P. The number of hydrogen-bond donors (Lipinski definition) is 3. The van der Waals surface area contributed by atoms with Crippen molar-refractivity contribution in [1.82, 2.24) is 0 Å². The third kappa shape index (κ3) is 34.6. The van der Waals surface area contributed by atoms with Crippen LogP contribution in [0.3, 0.4) is 0 Å². The number of carboxylic acid groups (broad SMARTS) is 1. The van der Waals surface area contributed by atoms with Crippen molar-refractivity contribution in [2.24, 2.45) is 5.73 Å². The Morgan fingerprint density at radius 1 is 0.640 bits per heavy atom. The van der Waals surface area contributed by atoms with E-state index >= 15 is 0 Å². The molecule has 50 heavy (non-hydrogen) atoms. The molecule has 0 saturated carbocycles. The highest BCUT2D eigenvalue weighted by Crippen LogP contribution is 2.43. The number of carboxylic acids is 1. The summed E-state index contributed by atoms with van der Waals surface area (Å²) >= 11 is 0. The van der Waals surface area contributed by atoms with Gasteiger partial charge in [0.25, 0.3) is 0 Å². The Labute approximate surface area is 304 Å². The molecule has 4 N–H and O–H groups in total. The van der Waals surface area contributed by atoms with Crippen LogP contribution in [-0.2, 0) is 32.7 Å². The predicted octanol–water partition coefficient (Wildman–Crippen LogP) is 10.1. The summed E-state index contributed by atoms with van der Waals surface area (Å²) in [6.07, 6.45) is 37.6. The fraction of sp³-hybridized carbons (Fsp3) is 0.795. The molecule has 0 aromatic rings. The normalized spacial score (nSPS) is 14.5. The number of nitrogens with two attached hydrogens (primary N) is 1. The number of rotatable bonds is 37. The van der Waals surface area contributed by atoms with E-state index in [2.05, 4.69) is 50.3 Å². The van der Waals surface area contributed by atoms with Gasteiger partial charge in [-0.1, -0.05) is 121 Å². The molecule has 0 rings (SSSR count). The summed E-state index contributed by atoms with van der Waals surface area (Å²) in [7, 11) is -4.61. The fourth-order valence-corrected chi connectivity index (χ4v) is 5.82. The second-order valence-corrected chi connectivity index (χ2v) is 14.5. The van der Waals surface area contributed by atoms with Crippen LogP contribution in [0.15, 0.2) is 36.5 Å². The molecule has 0 saturated heterocycles. The number of phosphoric ester groups is 1. The number of ether oxygens (including phenoxy) is 2. The Kier molecular flexibility index (Phi) is 34.3. The fourth-order valence-electron chi connectivity index (χ4n) is 5.04. The molecule has 10 nitrogen and oxygen atoms in total. The van der Waals surface area contributed by atoms with E-state index < -0.39 is 45.1 Å². The zero-order chi connectivity index (χ0) is 37.0. The molecule has 0 aromatic heterocycles. The molecule has 0 radical (unpaired) electrons. The first-order chi connectivity index (χ1) is 24.2. The molecule has 0 bridgehead atoms. The molecule has 0 spiro atoms. The molecule has 0 aliphatic heterocycles. The van der Waals surface area contributed by atoms with E-state index in [4.69, 9.17) is 29.4 Å². The second-order valence-electron chi connectivity index (χ2n) is 13.0. The molecular weight excluding hydrogens is 657 g/mol. The SMILES string of the molecule is CCCCC/C=C\C/C=C\CCCCCCCC(=O)OC(COCCCCCCCC/C=C\CCCCC)COP(=O)(O)OCC(N)C(=O)O. The third-order valence-electron chi connectivity index (χ3n) is 8.14. The first-order valence-corrected chi connectivity index (χ1v) is 21.0. The van der Waals surface area contributed by atoms with E-state index in [1.165, 1.54) is 70.6 Å². The molecule has 11 heteroatoms. The lowest BCUT2D eigenvalue weighted by Gasteiger charge is -2.20. The quantitative estimate of drug-likeness (QED) is 0.0243. The van der Waals surface area contributed by atoms with Crippen molar-refractivity contribution in [2.75, 3.05) is 26.4 Å². The van der Waals surface area contributed by atoms with Gasteiger partial charge >= 0.3 is 19.8 Å². The van der Waals surface area contributed by atoms with E-state index in [1.54, 1.807) is 0 Å². The molecule has 0 fully saturated rings. The number of phosphoric acid groups is 1. The van der Waals surface area contributed by atoms with Gasteiger partial charge in [0, 0.05) is 13.0 Å². The Bertz CT molecular complexity index is 941. The van der Waals surface area contributed by atoms with Crippen molar-refractivity contribution in [3.63, 3.8) is 0 Å². The van der Waals surface area contributed by atoms with E-state index in [0.29, 0.717) is 13.0 Å². The second kappa shape index (κ2) is 35.6. The predicted molar refractivity (Wildman–Crippen MR) is 203 cm³/mol. The molecule has 0 aromatic carbocycles. The highest BCUT2D eigenvalue weighted by atomic mass is 31.2. The third-order valence-corrected chi connectivity index (χ3v) is 9.09. The highest BCUT2D eigenvalue weighted by molar-refractivity contribution is 7.47. The summed E-state index contributed by atoms with van der Waals surface area (Å²) in [6.45, 7) is 3.79. The van der Waals surface area contributed by atoms with Crippen molar-refractivity contribution in [3.8, 4) is 0 Å². The molecule has 3 unspecified atom stereocenters. The maximum atomic E-state index is 12.6. The lowest BCUT2D eigenvalue weighted by Crippen LogP contribution is -2.34. The number of carbonyl (C=O) groups excluding carboxylic acids is 1. The molecule has 292 valence electrons. The Balaban J connectivity index is 4.34. The van der Waals surface area contributed by atoms with Crippen molar-refractivity contribution in [3.05, 3.63) is 36.5 Å². The minimum atomic E-state index is -4.61. The van der Waals surface area contributed by atoms with E-state index in [1.807, 2.05) is 0 Å². The van der Waals surface area contributed by atoms with Crippen molar-refractivity contribution < 1.29 is 42.7 Å². The van der Waals surface area contributed by atoms with Crippen LogP contribution >= 0.6 is 7.82 Å². The number of allylic oxidation sites excluding steroid dienone is 6. The Morgan fingerprint density at radius 2 is 1.10 bits per heavy atom. The number of carbonyl (C=O) groups is 2. The monoisotopic (exact) mass is 729 g/mol. The molecule has 0 aliphatic carbocycles. The minimum Gasteiger partial charge on any atom is -0.480 e. The van der Waals surface area contributed by atoms with Crippen LogP contribution in [0.25, 0.3) is 0 Å². The standard InChI is InChI=1S/C39H72NO9P/c1-3-5-7-9-11-13-15-17-18-19-21-23-25-27-29-31-38(41)49-36(34-47-50(44,45)48-35-37(40)39(42)43)33-46-32-30-28-26-24-22-20-16-14-12-10-8-6-4-2/h11-14,17-18,36-37H,3-10,15-16,19-35,40H2,1-2H3,(H,42,43)(H,44,45)/b13-11-,14-12-,18-17-. The van der Waals surface area contributed by atoms with E-state index in [9.17, 15) is 19.0 Å². The van der Waals surface area contributed by atoms with Gasteiger partial charge in [-0.2, -0.15) is 0 Å². The van der Waals surface area contributed by atoms with Crippen molar-refractivity contribution in [1.29, 1.82) is 0 Å². The lowest BCUT2D eigenvalue weighted by molar-refractivity contribution is -0.154. The number of hydrogen-bond acceptors (Lipinski definition) is 8. The van der Waals surface area contributed by atoms with Crippen molar-refractivity contribution >= 4 is 19.8 Å². The smallest absolute Gasteiger partial charge is 0.472 e. The van der Waals surface area contributed by atoms with Crippen LogP contribution in [0.5, 0.6) is 0 Å². The summed E-state index contributed by atoms with van der Waals surface area (Å²) in [5.74, 6) is -1.80. The van der Waals surface area contributed by atoms with Gasteiger partial charge in [0.1, 0.15) is 12.1 Å². The summed E-state index contributed by atoms with van der Waals surface area (Å²) in [5, 5.41) is 8.87. The highest BCUT2D eigenvalue weighted by Gasteiger charge is 2.27. The van der Waals surface area contributed by atoms with Gasteiger partial charge in [-0.05, 0) is 70.6 Å². The summed E-state index contributed by atoms with van der Waals surface area (Å²) in [4.78, 5) is 33.4. The summed E-state index contributed by atoms with van der Waals surface area (Å²) in [5.41, 5.74) is 5.34. The summed E-state index contributed by atoms with van der Waals surface area (Å²) < 4.78 is 33.2. The number of esters is 1. The molecule has 0 aliphatic rings. The van der Waals surface area contributed by atoms with Gasteiger partial charge < -0.3 is 25.2 Å². The van der Waals surface area contributed by atoms with Gasteiger partial charge in [-0.3, -0.25) is 18.6 Å². The minimum absolute atomic E-state index is 0.00708. The molecule has 0 amide bonds. The summed E-state index contributed by atoms with van der Waals surface area (Å²) in [6, 6.07) is -1.48. The maximum Gasteiger partial charge on any atom is 0.472 e. The van der Waals surface area contributed by atoms with Crippen LogP contribution in [0.1, 0.15) is 162 Å². The maximum absolute atomic E-state index is 12.6. The van der Waals surface area contributed by atoms with Crippen LogP contribution in [0, 0.1) is 0 Å².